The first-order valence-electron chi connectivity index (χ1n) is 6.15. The van der Waals surface area contributed by atoms with Gasteiger partial charge in [0, 0.05) is 37.9 Å². The molecule has 0 N–H and O–H groups in total. The van der Waals surface area contributed by atoms with E-state index in [0.29, 0.717) is 0 Å². The second-order valence-corrected chi connectivity index (χ2v) is 4.70. The van der Waals surface area contributed by atoms with E-state index in [1.54, 1.807) is 12.4 Å². The average Bonchev–Trinajstić information content (AvgIpc) is 2.57. The molecule has 0 spiro atoms. The molecule has 1 aromatic rings. The van der Waals surface area contributed by atoms with Crippen LogP contribution in [0.5, 0.6) is 0 Å². The fourth-order valence-corrected chi connectivity index (χ4v) is 2.38. The molecule has 1 fully saturated rings. The molecule has 0 atom stereocenters. The van der Waals surface area contributed by atoms with Crippen molar-refractivity contribution in [1.82, 2.24) is 19.8 Å². The highest BCUT2D eigenvalue weighted by molar-refractivity contribution is 6.18. The molecule has 0 radical (unpaired) electrons. The summed E-state index contributed by atoms with van der Waals surface area (Å²) in [6.07, 6.45) is 4.81. The maximum Gasteiger partial charge on any atom is 0.142 e. The maximum absolute atomic E-state index is 5.78. The Morgan fingerprint density at radius 1 is 1.06 bits per heavy atom. The Bertz CT molecular complexity index is 320. The molecule has 17 heavy (non-hydrogen) atoms. The van der Waals surface area contributed by atoms with Crippen LogP contribution < -0.4 is 0 Å². The molecule has 0 amide bonds. The largest absolute Gasteiger partial charge is 0.301 e. The lowest BCUT2D eigenvalue weighted by atomic mass is 10.3. The van der Waals surface area contributed by atoms with E-state index in [1.165, 1.54) is 6.42 Å². The summed E-state index contributed by atoms with van der Waals surface area (Å²) in [5.41, 5.74) is 0. The van der Waals surface area contributed by atoms with E-state index in [9.17, 15) is 0 Å². The minimum atomic E-state index is 0.724. The molecule has 0 aromatic carbocycles. The average molecular weight is 255 g/mol. The van der Waals surface area contributed by atoms with Gasteiger partial charge in [-0.25, -0.2) is 9.97 Å². The van der Waals surface area contributed by atoms with Crippen molar-refractivity contribution in [3.63, 3.8) is 0 Å². The van der Waals surface area contributed by atoms with Crippen LogP contribution in [-0.2, 0) is 6.54 Å². The molecule has 1 aromatic heterocycles. The van der Waals surface area contributed by atoms with Gasteiger partial charge in [0.25, 0.3) is 0 Å². The van der Waals surface area contributed by atoms with Gasteiger partial charge in [-0.1, -0.05) is 0 Å². The summed E-state index contributed by atoms with van der Waals surface area (Å²) in [6, 6.07) is 1.86. The number of alkyl halides is 1. The van der Waals surface area contributed by atoms with Gasteiger partial charge in [-0.2, -0.15) is 0 Å². The SMILES string of the molecule is ClCCN1CCCN(Cc2ncccn2)CC1. The molecule has 0 unspecified atom stereocenters. The van der Waals surface area contributed by atoms with E-state index in [2.05, 4.69) is 19.8 Å². The van der Waals surface area contributed by atoms with Crippen molar-refractivity contribution in [3.8, 4) is 0 Å². The van der Waals surface area contributed by atoms with Crippen LogP contribution in [0.2, 0.25) is 0 Å². The number of hydrogen-bond donors (Lipinski definition) is 0. The van der Waals surface area contributed by atoms with Crippen LogP contribution >= 0.6 is 11.6 Å². The number of hydrogen-bond acceptors (Lipinski definition) is 4. The molecule has 0 aliphatic carbocycles. The monoisotopic (exact) mass is 254 g/mol. The van der Waals surface area contributed by atoms with Gasteiger partial charge in [0.1, 0.15) is 5.82 Å². The first-order chi connectivity index (χ1) is 8.38. The Morgan fingerprint density at radius 3 is 2.53 bits per heavy atom. The van der Waals surface area contributed by atoms with Gasteiger partial charge < -0.3 is 4.90 Å². The molecular weight excluding hydrogens is 236 g/mol. The van der Waals surface area contributed by atoms with Crippen molar-refractivity contribution >= 4 is 11.6 Å². The summed E-state index contributed by atoms with van der Waals surface area (Å²) in [4.78, 5) is 13.4. The number of halogens is 1. The standard InChI is InChI=1S/C12H19ClN4/c13-3-8-16-6-2-7-17(10-9-16)11-12-14-4-1-5-15-12/h1,4-5H,2-3,6-11H2. The third-order valence-corrected chi connectivity index (χ3v) is 3.24. The van der Waals surface area contributed by atoms with Gasteiger partial charge in [-0.05, 0) is 25.6 Å². The van der Waals surface area contributed by atoms with Gasteiger partial charge in [-0.15, -0.1) is 11.6 Å². The summed E-state index contributed by atoms with van der Waals surface area (Å²) in [7, 11) is 0. The van der Waals surface area contributed by atoms with Crippen molar-refractivity contribution in [2.75, 3.05) is 38.6 Å². The summed E-state index contributed by atoms with van der Waals surface area (Å²) in [6.45, 7) is 6.30. The summed E-state index contributed by atoms with van der Waals surface area (Å²) in [5.74, 6) is 1.64. The van der Waals surface area contributed by atoms with Crippen LogP contribution in [0.25, 0.3) is 0 Å². The molecule has 1 saturated heterocycles. The van der Waals surface area contributed by atoms with E-state index >= 15 is 0 Å². The van der Waals surface area contributed by atoms with E-state index in [4.69, 9.17) is 11.6 Å². The first-order valence-corrected chi connectivity index (χ1v) is 6.68. The molecular formula is C12H19ClN4. The molecule has 2 heterocycles. The lowest BCUT2D eigenvalue weighted by Crippen LogP contribution is -2.32. The predicted molar refractivity (Wildman–Crippen MR) is 69.1 cm³/mol. The number of nitrogens with zero attached hydrogens (tertiary/aromatic N) is 4. The predicted octanol–water partition coefficient (Wildman–Crippen LogP) is 1.22. The normalized spacial score (nSPS) is 19.1. The van der Waals surface area contributed by atoms with Crippen LogP contribution in [-0.4, -0.2) is 58.4 Å². The van der Waals surface area contributed by atoms with E-state index in [1.807, 2.05) is 6.07 Å². The van der Waals surface area contributed by atoms with Crippen molar-refractivity contribution in [1.29, 1.82) is 0 Å². The van der Waals surface area contributed by atoms with Gasteiger partial charge in [0.15, 0.2) is 0 Å². The highest BCUT2D eigenvalue weighted by atomic mass is 35.5. The van der Waals surface area contributed by atoms with Crippen LogP contribution in [0.1, 0.15) is 12.2 Å². The third-order valence-electron chi connectivity index (χ3n) is 3.07. The Labute approximate surface area is 108 Å². The Kier molecular flexibility index (Phi) is 5.16. The molecule has 0 bridgehead atoms. The zero-order valence-corrected chi connectivity index (χ0v) is 10.8. The molecule has 0 saturated carbocycles. The maximum atomic E-state index is 5.78. The highest BCUT2D eigenvalue weighted by Gasteiger charge is 2.14. The summed E-state index contributed by atoms with van der Waals surface area (Å²) < 4.78 is 0. The quantitative estimate of drug-likeness (QED) is 0.757. The van der Waals surface area contributed by atoms with Crippen molar-refractivity contribution < 1.29 is 0 Å². The molecule has 4 nitrogen and oxygen atoms in total. The van der Waals surface area contributed by atoms with Crippen molar-refractivity contribution in [3.05, 3.63) is 24.3 Å². The van der Waals surface area contributed by atoms with Gasteiger partial charge >= 0.3 is 0 Å². The lowest BCUT2D eigenvalue weighted by molar-refractivity contribution is 0.253. The van der Waals surface area contributed by atoms with Crippen LogP contribution in [0.4, 0.5) is 0 Å². The third kappa shape index (κ3) is 4.22. The van der Waals surface area contributed by atoms with E-state index < -0.39 is 0 Å². The van der Waals surface area contributed by atoms with Gasteiger partial charge in [0.2, 0.25) is 0 Å². The van der Waals surface area contributed by atoms with Crippen LogP contribution in [0.15, 0.2) is 18.5 Å². The summed E-state index contributed by atoms with van der Waals surface area (Å²) >= 11 is 5.78. The zero-order chi connectivity index (χ0) is 11.9. The van der Waals surface area contributed by atoms with Crippen molar-refractivity contribution in [2.24, 2.45) is 0 Å². The molecule has 5 heteroatoms. The smallest absolute Gasteiger partial charge is 0.142 e. The minimum Gasteiger partial charge on any atom is -0.301 e. The first kappa shape index (κ1) is 12.7. The van der Waals surface area contributed by atoms with E-state index in [0.717, 1.165) is 51.0 Å². The molecule has 1 aliphatic heterocycles. The van der Waals surface area contributed by atoms with E-state index in [-0.39, 0.29) is 0 Å². The second kappa shape index (κ2) is 6.89. The molecule has 1 aliphatic rings. The second-order valence-electron chi connectivity index (χ2n) is 4.33. The number of rotatable bonds is 4. The fraction of sp³-hybridized carbons (Fsp3) is 0.667. The van der Waals surface area contributed by atoms with Crippen LogP contribution in [0, 0.1) is 0 Å². The van der Waals surface area contributed by atoms with Crippen molar-refractivity contribution in [2.45, 2.75) is 13.0 Å². The zero-order valence-electron chi connectivity index (χ0n) is 10.1. The molecule has 2 rings (SSSR count). The Hall–Kier alpha value is -0.710. The highest BCUT2D eigenvalue weighted by Crippen LogP contribution is 2.06. The van der Waals surface area contributed by atoms with Gasteiger partial charge in [0.05, 0.1) is 6.54 Å². The Balaban J connectivity index is 1.83. The Morgan fingerprint density at radius 2 is 1.76 bits per heavy atom. The topological polar surface area (TPSA) is 32.3 Å². The lowest BCUT2D eigenvalue weighted by Gasteiger charge is -2.20. The molecule has 94 valence electrons. The van der Waals surface area contributed by atoms with Crippen LogP contribution in [0.3, 0.4) is 0 Å². The number of aromatic nitrogens is 2. The van der Waals surface area contributed by atoms with Gasteiger partial charge in [-0.3, -0.25) is 4.90 Å². The fourth-order valence-electron chi connectivity index (χ4n) is 2.14. The summed E-state index contributed by atoms with van der Waals surface area (Å²) in [5, 5.41) is 0. The minimum absolute atomic E-state index is 0.724.